The SMILES string of the molecule is CCC1(C(=O)NC2CCC(C)NC2C)CCCC1. The molecule has 0 bridgehead atoms. The van der Waals surface area contributed by atoms with Crippen molar-refractivity contribution in [1.29, 1.82) is 0 Å². The van der Waals surface area contributed by atoms with Gasteiger partial charge in [0.05, 0.1) is 0 Å². The molecular weight excluding hydrogens is 224 g/mol. The summed E-state index contributed by atoms with van der Waals surface area (Å²) in [5.41, 5.74) is -0.0528. The normalized spacial score (nSPS) is 35.4. The fourth-order valence-corrected chi connectivity index (χ4v) is 3.64. The van der Waals surface area contributed by atoms with Crippen molar-refractivity contribution in [3.8, 4) is 0 Å². The molecule has 2 N–H and O–H groups in total. The minimum Gasteiger partial charge on any atom is -0.351 e. The molecule has 1 aliphatic heterocycles. The Morgan fingerprint density at radius 3 is 2.50 bits per heavy atom. The van der Waals surface area contributed by atoms with Crippen molar-refractivity contribution in [1.82, 2.24) is 10.6 Å². The van der Waals surface area contributed by atoms with Gasteiger partial charge < -0.3 is 10.6 Å². The Balaban J connectivity index is 1.94. The summed E-state index contributed by atoms with van der Waals surface area (Å²) >= 11 is 0. The van der Waals surface area contributed by atoms with Crippen LogP contribution in [0.3, 0.4) is 0 Å². The zero-order chi connectivity index (χ0) is 13.2. The van der Waals surface area contributed by atoms with Gasteiger partial charge >= 0.3 is 0 Å². The fraction of sp³-hybridized carbons (Fsp3) is 0.933. The second kappa shape index (κ2) is 5.60. The number of piperidine rings is 1. The third-order valence-corrected chi connectivity index (χ3v) is 5.10. The van der Waals surface area contributed by atoms with E-state index >= 15 is 0 Å². The molecule has 1 saturated heterocycles. The van der Waals surface area contributed by atoms with E-state index in [4.69, 9.17) is 0 Å². The quantitative estimate of drug-likeness (QED) is 0.810. The van der Waals surface area contributed by atoms with Crippen LogP contribution in [0.5, 0.6) is 0 Å². The van der Waals surface area contributed by atoms with Gasteiger partial charge in [0.25, 0.3) is 0 Å². The van der Waals surface area contributed by atoms with Crippen LogP contribution in [0, 0.1) is 5.41 Å². The van der Waals surface area contributed by atoms with Crippen LogP contribution in [0.1, 0.15) is 65.7 Å². The first-order valence-corrected chi connectivity index (χ1v) is 7.64. The molecule has 0 radical (unpaired) electrons. The molecule has 0 aromatic carbocycles. The predicted octanol–water partition coefficient (Wildman–Crippen LogP) is 2.60. The molecule has 1 aliphatic carbocycles. The summed E-state index contributed by atoms with van der Waals surface area (Å²) in [6.45, 7) is 6.57. The summed E-state index contributed by atoms with van der Waals surface area (Å²) < 4.78 is 0. The lowest BCUT2D eigenvalue weighted by molar-refractivity contribution is -0.132. The molecule has 1 saturated carbocycles. The summed E-state index contributed by atoms with van der Waals surface area (Å²) in [5, 5.41) is 6.86. The van der Waals surface area contributed by atoms with Crippen LogP contribution in [0.25, 0.3) is 0 Å². The molecule has 0 aromatic heterocycles. The minimum absolute atomic E-state index is 0.0528. The van der Waals surface area contributed by atoms with Gasteiger partial charge in [0.1, 0.15) is 0 Å². The first-order chi connectivity index (χ1) is 8.57. The van der Waals surface area contributed by atoms with E-state index in [-0.39, 0.29) is 5.41 Å². The molecule has 0 spiro atoms. The van der Waals surface area contributed by atoms with Crippen molar-refractivity contribution in [2.45, 2.75) is 83.8 Å². The Hall–Kier alpha value is -0.570. The van der Waals surface area contributed by atoms with Crippen molar-refractivity contribution in [2.75, 3.05) is 0 Å². The molecule has 18 heavy (non-hydrogen) atoms. The number of nitrogens with one attached hydrogen (secondary N) is 2. The summed E-state index contributed by atoms with van der Waals surface area (Å²) in [5.74, 6) is 0.315. The zero-order valence-corrected chi connectivity index (χ0v) is 12.1. The van der Waals surface area contributed by atoms with Crippen LogP contribution in [0.4, 0.5) is 0 Å². The molecule has 2 rings (SSSR count). The van der Waals surface area contributed by atoms with Gasteiger partial charge in [-0.3, -0.25) is 4.79 Å². The lowest BCUT2D eigenvalue weighted by Crippen LogP contribution is -2.56. The summed E-state index contributed by atoms with van der Waals surface area (Å²) in [6.07, 6.45) is 7.87. The van der Waals surface area contributed by atoms with E-state index < -0.39 is 0 Å². The summed E-state index contributed by atoms with van der Waals surface area (Å²) in [6, 6.07) is 1.30. The molecule has 1 heterocycles. The smallest absolute Gasteiger partial charge is 0.226 e. The molecule has 3 nitrogen and oxygen atoms in total. The Labute approximate surface area is 111 Å². The Morgan fingerprint density at radius 1 is 1.28 bits per heavy atom. The van der Waals surface area contributed by atoms with Crippen molar-refractivity contribution in [2.24, 2.45) is 5.41 Å². The van der Waals surface area contributed by atoms with E-state index in [9.17, 15) is 4.79 Å². The molecule has 2 fully saturated rings. The summed E-state index contributed by atoms with van der Waals surface area (Å²) in [4.78, 5) is 12.6. The van der Waals surface area contributed by atoms with Gasteiger partial charge in [-0.2, -0.15) is 0 Å². The van der Waals surface area contributed by atoms with Crippen molar-refractivity contribution >= 4 is 5.91 Å². The minimum atomic E-state index is -0.0528. The van der Waals surface area contributed by atoms with Gasteiger partial charge in [-0.1, -0.05) is 19.8 Å². The van der Waals surface area contributed by atoms with Crippen LogP contribution in [-0.4, -0.2) is 24.0 Å². The lowest BCUT2D eigenvalue weighted by Gasteiger charge is -2.37. The van der Waals surface area contributed by atoms with Crippen LogP contribution in [0.2, 0.25) is 0 Å². The van der Waals surface area contributed by atoms with Gasteiger partial charge in [-0.15, -0.1) is 0 Å². The molecule has 3 unspecified atom stereocenters. The monoisotopic (exact) mass is 252 g/mol. The topological polar surface area (TPSA) is 41.1 Å². The molecule has 3 heteroatoms. The first kappa shape index (κ1) is 13.9. The third-order valence-electron chi connectivity index (χ3n) is 5.10. The molecule has 3 atom stereocenters. The van der Waals surface area contributed by atoms with Crippen LogP contribution in [-0.2, 0) is 4.79 Å². The number of rotatable bonds is 3. The maximum absolute atomic E-state index is 12.6. The average Bonchev–Trinajstić information content (AvgIpc) is 2.82. The Bertz CT molecular complexity index is 297. The zero-order valence-electron chi connectivity index (χ0n) is 12.1. The highest BCUT2D eigenvalue weighted by Gasteiger charge is 2.40. The highest BCUT2D eigenvalue weighted by molar-refractivity contribution is 5.83. The maximum Gasteiger partial charge on any atom is 0.226 e. The van der Waals surface area contributed by atoms with Gasteiger partial charge in [-0.05, 0) is 46.0 Å². The number of amides is 1. The second-order valence-corrected chi connectivity index (χ2v) is 6.35. The largest absolute Gasteiger partial charge is 0.351 e. The van der Waals surface area contributed by atoms with Crippen molar-refractivity contribution in [3.05, 3.63) is 0 Å². The van der Waals surface area contributed by atoms with Crippen LogP contribution < -0.4 is 10.6 Å². The van der Waals surface area contributed by atoms with E-state index in [2.05, 4.69) is 31.4 Å². The highest BCUT2D eigenvalue weighted by atomic mass is 16.2. The van der Waals surface area contributed by atoms with Gasteiger partial charge in [0, 0.05) is 23.5 Å². The van der Waals surface area contributed by atoms with E-state index in [0.29, 0.717) is 24.0 Å². The Kier molecular flexibility index (Phi) is 4.31. The van der Waals surface area contributed by atoms with Crippen molar-refractivity contribution in [3.63, 3.8) is 0 Å². The van der Waals surface area contributed by atoms with Gasteiger partial charge in [-0.25, -0.2) is 0 Å². The third kappa shape index (κ3) is 2.71. The van der Waals surface area contributed by atoms with Gasteiger partial charge in [0.15, 0.2) is 0 Å². The first-order valence-electron chi connectivity index (χ1n) is 7.64. The highest BCUT2D eigenvalue weighted by Crippen LogP contribution is 2.41. The molecule has 104 valence electrons. The number of hydrogen-bond donors (Lipinski definition) is 2. The second-order valence-electron chi connectivity index (χ2n) is 6.35. The van der Waals surface area contributed by atoms with E-state index in [1.807, 2.05) is 0 Å². The molecular formula is C15H28N2O. The van der Waals surface area contributed by atoms with Gasteiger partial charge in [0.2, 0.25) is 5.91 Å². The Morgan fingerprint density at radius 2 is 1.94 bits per heavy atom. The van der Waals surface area contributed by atoms with E-state index in [0.717, 1.165) is 32.1 Å². The number of hydrogen-bond acceptors (Lipinski definition) is 2. The molecule has 1 amide bonds. The standard InChI is InChI=1S/C15H28N2O/c1-4-15(9-5-6-10-15)14(18)17-13-8-7-11(2)16-12(13)3/h11-13,16H,4-10H2,1-3H3,(H,17,18). The predicted molar refractivity (Wildman–Crippen MR) is 74.4 cm³/mol. The molecule has 2 aliphatic rings. The average molecular weight is 252 g/mol. The molecule has 0 aromatic rings. The van der Waals surface area contributed by atoms with Crippen molar-refractivity contribution < 1.29 is 4.79 Å². The van der Waals surface area contributed by atoms with Crippen LogP contribution in [0.15, 0.2) is 0 Å². The van der Waals surface area contributed by atoms with E-state index in [1.54, 1.807) is 0 Å². The fourth-order valence-electron chi connectivity index (χ4n) is 3.64. The summed E-state index contributed by atoms with van der Waals surface area (Å²) in [7, 11) is 0. The maximum atomic E-state index is 12.6. The lowest BCUT2D eigenvalue weighted by atomic mass is 9.81. The van der Waals surface area contributed by atoms with Crippen LogP contribution >= 0.6 is 0 Å². The van der Waals surface area contributed by atoms with E-state index in [1.165, 1.54) is 12.8 Å². The number of carbonyl (C=O) groups is 1. The number of carbonyl (C=O) groups excluding carboxylic acids is 1.